The van der Waals surface area contributed by atoms with Gasteiger partial charge in [-0.15, -0.1) is 35.3 Å². The maximum Gasteiger partial charge on any atom is 0.390 e. The fraction of sp³-hybridized carbons (Fsp3) is 0.667. The summed E-state index contributed by atoms with van der Waals surface area (Å²) in [6.07, 6.45) is -5.05. The fourth-order valence-electron chi connectivity index (χ4n) is 1.39. The quantitative estimate of drug-likeness (QED) is 0.422. The van der Waals surface area contributed by atoms with Gasteiger partial charge in [-0.25, -0.2) is 4.98 Å². The molecule has 4 nitrogen and oxygen atoms in total. The summed E-state index contributed by atoms with van der Waals surface area (Å²) in [7, 11) is 1.52. The molecule has 122 valence electrons. The van der Waals surface area contributed by atoms with Crippen LogP contribution in [0.1, 0.15) is 36.9 Å². The molecule has 1 aromatic rings. The van der Waals surface area contributed by atoms with Gasteiger partial charge in [-0.05, 0) is 0 Å². The number of guanidine groups is 1. The number of hydrogen-bond acceptors (Lipinski definition) is 3. The van der Waals surface area contributed by atoms with Gasteiger partial charge >= 0.3 is 6.18 Å². The van der Waals surface area contributed by atoms with Crippen molar-refractivity contribution in [2.24, 2.45) is 4.99 Å². The summed E-state index contributed by atoms with van der Waals surface area (Å²) in [6.45, 7) is 4.37. The number of thiazole rings is 1. The van der Waals surface area contributed by atoms with E-state index < -0.39 is 12.6 Å². The lowest BCUT2D eigenvalue weighted by Gasteiger charge is -2.12. The van der Waals surface area contributed by atoms with E-state index in [-0.39, 0.29) is 30.5 Å². The molecule has 0 atom stereocenters. The third-order valence-electron chi connectivity index (χ3n) is 2.42. The molecule has 0 radical (unpaired) electrons. The molecule has 1 rings (SSSR count). The van der Waals surface area contributed by atoms with E-state index in [1.165, 1.54) is 7.05 Å². The Hall–Kier alpha value is -0.580. The first-order valence-electron chi connectivity index (χ1n) is 6.27. The maximum atomic E-state index is 12.0. The summed E-state index contributed by atoms with van der Waals surface area (Å²) in [4.78, 5) is 8.30. The van der Waals surface area contributed by atoms with E-state index in [2.05, 4.69) is 34.5 Å². The highest BCUT2D eigenvalue weighted by molar-refractivity contribution is 14.0. The van der Waals surface area contributed by atoms with Gasteiger partial charge in [-0.1, -0.05) is 13.8 Å². The average Bonchev–Trinajstić information content (AvgIpc) is 2.81. The van der Waals surface area contributed by atoms with Gasteiger partial charge in [0.2, 0.25) is 0 Å². The summed E-state index contributed by atoms with van der Waals surface area (Å²) in [6, 6.07) is 0. The third-order valence-corrected chi connectivity index (χ3v) is 3.62. The second-order valence-corrected chi connectivity index (χ2v) is 5.44. The van der Waals surface area contributed by atoms with Crippen LogP contribution in [0, 0.1) is 0 Å². The topological polar surface area (TPSA) is 49.3 Å². The Morgan fingerprint density at radius 2 is 2.05 bits per heavy atom. The van der Waals surface area contributed by atoms with Crippen molar-refractivity contribution in [3.05, 3.63) is 16.1 Å². The molecule has 0 amide bonds. The normalized spacial score (nSPS) is 12.2. The first-order chi connectivity index (χ1) is 9.31. The molecule has 2 N–H and O–H groups in total. The highest BCUT2D eigenvalue weighted by Crippen LogP contribution is 2.19. The van der Waals surface area contributed by atoms with E-state index in [1.54, 1.807) is 11.3 Å². The summed E-state index contributed by atoms with van der Waals surface area (Å²) in [5.41, 5.74) is 0.859. The summed E-state index contributed by atoms with van der Waals surface area (Å²) in [5, 5.41) is 8.54. The lowest BCUT2D eigenvalue weighted by molar-refractivity contribution is -0.132. The van der Waals surface area contributed by atoms with Crippen molar-refractivity contribution >= 4 is 41.3 Å². The van der Waals surface area contributed by atoms with E-state index in [9.17, 15) is 13.2 Å². The maximum absolute atomic E-state index is 12.0. The Morgan fingerprint density at radius 1 is 1.38 bits per heavy atom. The molecule has 0 fully saturated rings. The number of nitrogens with zero attached hydrogens (tertiary/aromatic N) is 2. The van der Waals surface area contributed by atoms with Crippen molar-refractivity contribution in [1.29, 1.82) is 0 Å². The smallest absolute Gasteiger partial charge is 0.356 e. The van der Waals surface area contributed by atoms with Gasteiger partial charge < -0.3 is 10.6 Å². The molecule has 0 spiro atoms. The molecule has 0 saturated heterocycles. The predicted molar refractivity (Wildman–Crippen MR) is 90.5 cm³/mol. The molecule has 0 aliphatic heterocycles. The number of rotatable bonds is 5. The van der Waals surface area contributed by atoms with Crippen LogP contribution in [0.15, 0.2) is 10.4 Å². The van der Waals surface area contributed by atoms with Crippen LogP contribution in [0.4, 0.5) is 13.2 Å². The Balaban J connectivity index is 0.00000400. The van der Waals surface area contributed by atoms with Crippen LogP contribution in [0.3, 0.4) is 0 Å². The van der Waals surface area contributed by atoms with Crippen LogP contribution in [-0.4, -0.2) is 30.7 Å². The van der Waals surface area contributed by atoms with Crippen molar-refractivity contribution in [2.75, 3.05) is 13.6 Å². The first-order valence-corrected chi connectivity index (χ1v) is 7.15. The van der Waals surface area contributed by atoms with E-state index >= 15 is 0 Å². The second-order valence-electron chi connectivity index (χ2n) is 4.55. The van der Waals surface area contributed by atoms with Gasteiger partial charge in [0.15, 0.2) is 5.96 Å². The molecule has 9 heteroatoms. The third kappa shape index (κ3) is 8.44. The van der Waals surface area contributed by atoms with Crippen molar-refractivity contribution < 1.29 is 13.2 Å². The molecular formula is C12H20F3IN4S. The Morgan fingerprint density at radius 3 is 2.52 bits per heavy atom. The minimum atomic E-state index is -4.16. The second kappa shape index (κ2) is 9.44. The number of alkyl halides is 3. The predicted octanol–water partition coefficient (Wildman–Crippen LogP) is 3.50. The number of aromatic nitrogens is 1. The van der Waals surface area contributed by atoms with E-state index in [0.717, 1.165) is 10.7 Å². The molecular weight excluding hydrogens is 416 g/mol. The molecule has 0 saturated carbocycles. The largest absolute Gasteiger partial charge is 0.390 e. The van der Waals surface area contributed by atoms with Crippen molar-refractivity contribution in [3.63, 3.8) is 0 Å². The summed E-state index contributed by atoms with van der Waals surface area (Å²) >= 11 is 1.58. The molecule has 1 aromatic heterocycles. The van der Waals surface area contributed by atoms with Crippen LogP contribution in [0.25, 0.3) is 0 Å². The minimum Gasteiger partial charge on any atom is -0.356 e. The van der Waals surface area contributed by atoms with Crippen LogP contribution >= 0.6 is 35.3 Å². The zero-order chi connectivity index (χ0) is 15.2. The SMILES string of the molecule is CN=C(NCCC(F)(F)F)NCc1csc(C(C)C)n1.I. The van der Waals surface area contributed by atoms with Gasteiger partial charge in [0.25, 0.3) is 0 Å². The van der Waals surface area contributed by atoms with Crippen LogP contribution < -0.4 is 10.6 Å². The molecule has 0 aromatic carbocycles. The Kier molecular flexibility index (Phi) is 9.18. The standard InChI is InChI=1S/C12H19F3N4S.HI/c1-8(2)10-19-9(7-20-10)6-18-11(16-3)17-5-4-12(13,14)15;/h7-8H,4-6H2,1-3H3,(H2,16,17,18);1H. The highest BCUT2D eigenvalue weighted by atomic mass is 127. The first kappa shape index (κ1) is 20.4. The minimum absolute atomic E-state index is 0. The zero-order valence-corrected chi connectivity index (χ0v) is 15.3. The number of halogens is 4. The molecule has 0 aliphatic carbocycles. The Bertz CT molecular complexity index is 446. The van der Waals surface area contributed by atoms with E-state index in [0.29, 0.717) is 18.4 Å². The number of hydrogen-bond donors (Lipinski definition) is 2. The molecule has 21 heavy (non-hydrogen) atoms. The Labute approximate surface area is 143 Å². The van der Waals surface area contributed by atoms with Gasteiger partial charge in [-0.2, -0.15) is 13.2 Å². The monoisotopic (exact) mass is 436 g/mol. The van der Waals surface area contributed by atoms with Gasteiger partial charge in [0.1, 0.15) is 0 Å². The van der Waals surface area contributed by atoms with Crippen LogP contribution in [-0.2, 0) is 6.54 Å². The van der Waals surface area contributed by atoms with Gasteiger partial charge in [-0.3, -0.25) is 4.99 Å². The average molecular weight is 436 g/mol. The van der Waals surface area contributed by atoms with E-state index in [1.807, 2.05) is 5.38 Å². The molecule has 0 bridgehead atoms. The summed E-state index contributed by atoms with van der Waals surface area (Å²) < 4.78 is 36.1. The molecule has 1 heterocycles. The van der Waals surface area contributed by atoms with Gasteiger partial charge in [0.05, 0.1) is 23.7 Å². The highest BCUT2D eigenvalue weighted by Gasteiger charge is 2.26. The zero-order valence-electron chi connectivity index (χ0n) is 12.1. The number of aliphatic imine (C=N–C) groups is 1. The number of nitrogens with one attached hydrogen (secondary N) is 2. The molecule has 0 aliphatic rings. The van der Waals surface area contributed by atoms with Crippen molar-refractivity contribution in [3.8, 4) is 0 Å². The lowest BCUT2D eigenvalue weighted by Crippen LogP contribution is -2.38. The summed E-state index contributed by atoms with van der Waals surface area (Å²) in [5.74, 6) is 0.714. The van der Waals surface area contributed by atoms with Crippen molar-refractivity contribution in [1.82, 2.24) is 15.6 Å². The van der Waals surface area contributed by atoms with Crippen LogP contribution in [0.2, 0.25) is 0 Å². The fourth-order valence-corrected chi connectivity index (χ4v) is 2.22. The lowest BCUT2D eigenvalue weighted by atomic mass is 10.2. The van der Waals surface area contributed by atoms with E-state index in [4.69, 9.17) is 0 Å². The van der Waals surface area contributed by atoms with Gasteiger partial charge in [0, 0.05) is 24.9 Å². The van der Waals surface area contributed by atoms with Crippen LogP contribution in [0.5, 0.6) is 0 Å². The molecule has 0 unspecified atom stereocenters. The van der Waals surface area contributed by atoms with Crippen molar-refractivity contribution in [2.45, 2.75) is 38.9 Å².